The highest BCUT2D eigenvalue weighted by Crippen LogP contribution is 2.30. The van der Waals surface area contributed by atoms with Crippen LogP contribution < -0.4 is 15.2 Å². The fraction of sp³-hybridized carbons (Fsp3) is 0.667. The van der Waals surface area contributed by atoms with Gasteiger partial charge in [0.1, 0.15) is 18.8 Å². The number of hydrogen-bond donors (Lipinski definition) is 1. The first-order chi connectivity index (χ1) is 19.0. The summed E-state index contributed by atoms with van der Waals surface area (Å²) in [5, 5.41) is 0. The second-order valence-electron chi connectivity index (χ2n) is 12.4. The molecule has 0 amide bonds. The molecule has 0 saturated carbocycles. The number of nitrogens with two attached hydrogens (primary N) is 1. The van der Waals surface area contributed by atoms with Gasteiger partial charge in [-0.1, -0.05) is 67.4 Å². The lowest BCUT2D eigenvalue weighted by Crippen LogP contribution is -2.37. The molecule has 0 heterocycles. The van der Waals surface area contributed by atoms with Gasteiger partial charge in [-0.2, -0.15) is 0 Å². The first-order valence-corrected chi connectivity index (χ1v) is 13.9. The van der Waals surface area contributed by atoms with Crippen molar-refractivity contribution in [1.29, 1.82) is 0 Å². The van der Waals surface area contributed by atoms with Crippen molar-refractivity contribution in [2.75, 3.05) is 19.8 Å². The molecular formula is C30H47NO10. The molecule has 1 rings (SSSR count). The van der Waals surface area contributed by atoms with Crippen molar-refractivity contribution in [2.45, 2.75) is 99.6 Å². The monoisotopic (exact) mass is 581 g/mol. The molecule has 0 aliphatic rings. The Bertz CT molecular complexity index is 1010. The van der Waals surface area contributed by atoms with E-state index in [4.69, 9.17) is 34.2 Å². The van der Waals surface area contributed by atoms with Crippen LogP contribution in [-0.2, 0) is 35.0 Å². The van der Waals surface area contributed by atoms with E-state index in [1.165, 1.54) is 12.1 Å². The minimum atomic E-state index is -1.07. The predicted molar refractivity (Wildman–Crippen MR) is 152 cm³/mol. The Hall–Kier alpha value is -3.34. The van der Waals surface area contributed by atoms with Crippen LogP contribution in [-0.4, -0.2) is 56.2 Å². The molecule has 1 aromatic rings. The Balaban J connectivity index is 2.87. The lowest BCUT2D eigenvalue weighted by atomic mass is 9.99. The van der Waals surface area contributed by atoms with E-state index in [1.807, 2.05) is 48.5 Å². The van der Waals surface area contributed by atoms with Gasteiger partial charge in [-0.05, 0) is 48.3 Å². The molecule has 0 radical (unpaired) electrons. The number of esters is 2. The Morgan fingerprint density at radius 3 is 1.93 bits per heavy atom. The molecule has 0 bridgehead atoms. The van der Waals surface area contributed by atoms with E-state index in [0.717, 1.165) is 19.3 Å². The molecular weight excluding hydrogens is 534 g/mol. The summed E-state index contributed by atoms with van der Waals surface area (Å²) < 4.78 is 31.4. The van der Waals surface area contributed by atoms with Crippen LogP contribution in [0.25, 0.3) is 0 Å². The van der Waals surface area contributed by atoms with Crippen molar-refractivity contribution in [3.8, 4) is 11.5 Å². The fourth-order valence-corrected chi connectivity index (χ4v) is 3.09. The van der Waals surface area contributed by atoms with E-state index < -0.39 is 30.4 Å². The fourth-order valence-electron chi connectivity index (χ4n) is 3.09. The van der Waals surface area contributed by atoms with Crippen LogP contribution in [0.3, 0.4) is 0 Å². The molecule has 232 valence electrons. The summed E-state index contributed by atoms with van der Waals surface area (Å²) in [6.45, 7) is 15.1. The van der Waals surface area contributed by atoms with Gasteiger partial charge in [0.25, 0.3) is 0 Å². The largest absolute Gasteiger partial charge is 0.513 e. The van der Waals surface area contributed by atoms with Crippen LogP contribution in [0, 0.1) is 10.8 Å². The molecule has 1 aromatic carbocycles. The van der Waals surface area contributed by atoms with E-state index >= 15 is 0 Å². The van der Waals surface area contributed by atoms with Gasteiger partial charge in [0.05, 0.1) is 13.2 Å². The lowest BCUT2D eigenvalue weighted by Gasteiger charge is -2.19. The molecule has 0 aliphatic carbocycles. The first kappa shape index (κ1) is 35.7. The average molecular weight is 582 g/mol. The highest BCUT2D eigenvalue weighted by atomic mass is 16.7. The standard InChI is InChI=1S/C30H47NO10/c1-9-10-11-12-25(32)36-17-20(2)39-26(33)22(31)15-21-13-14-23(40-27(34)37-18-29(3,4)5)24(16-21)41-28(35)38-19-30(6,7)8/h13-14,16,20,22H,9-12,15,17-19,31H2,1-8H3/t20-,22-/m0/s1. The Morgan fingerprint density at radius 1 is 0.829 bits per heavy atom. The zero-order chi connectivity index (χ0) is 31.2. The third-order valence-electron chi connectivity index (χ3n) is 5.18. The third kappa shape index (κ3) is 16.5. The Morgan fingerprint density at radius 2 is 1.39 bits per heavy atom. The normalized spacial score (nSPS) is 13.0. The third-order valence-corrected chi connectivity index (χ3v) is 5.18. The number of carbonyl (C=O) groups is 4. The quantitative estimate of drug-likeness (QED) is 0.124. The van der Waals surface area contributed by atoms with Crippen molar-refractivity contribution in [2.24, 2.45) is 16.6 Å². The maximum absolute atomic E-state index is 12.5. The number of carbonyl (C=O) groups excluding carboxylic acids is 4. The number of benzene rings is 1. The van der Waals surface area contributed by atoms with Crippen molar-refractivity contribution in [1.82, 2.24) is 0 Å². The number of hydrogen-bond acceptors (Lipinski definition) is 11. The molecule has 0 spiro atoms. The Labute approximate surface area is 243 Å². The van der Waals surface area contributed by atoms with Gasteiger partial charge in [0, 0.05) is 6.42 Å². The molecule has 2 atom stereocenters. The molecule has 41 heavy (non-hydrogen) atoms. The van der Waals surface area contributed by atoms with E-state index in [0.29, 0.717) is 12.0 Å². The zero-order valence-electron chi connectivity index (χ0n) is 25.7. The minimum absolute atomic E-state index is 0.0184. The summed E-state index contributed by atoms with van der Waals surface area (Å²) in [4.78, 5) is 48.9. The molecule has 0 unspecified atom stereocenters. The second kappa shape index (κ2) is 16.8. The molecule has 0 aliphatic heterocycles. The molecule has 0 saturated heterocycles. The highest BCUT2D eigenvalue weighted by Gasteiger charge is 2.23. The summed E-state index contributed by atoms with van der Waals surface area (Å²) in [6, 6.07) is 3.31. The first-order valence-electron chi connectivity index (χ1n) is 13.9. The van der Waals surface area contributed by atoms with Crippen LogP contribution in [0.4, 0.5) is 9.59 Å². The highest BCUT2D eigenvalue weighted by molar-refractivity contribution is 5.76. The van der Waals surface area contributed by atoms with Gasteiger partial charge in [0.15, 0.2) is 11.5 Å². The van der Waals surface area contributed by atoms with Gasteiger partial charge in [-0.3, -0.25) is 9.59 Å². The molecule has 2 N–H and O–H groups in total. The summed E-state index contributed by atoms with van der Waals surface area (Å²) in [7, 11) is 0. The number of unbranched alkanes of at least 4 members (excludes halogenated alkanes) is 2. The van der Waals surface area contributed by atoms with Gasteiger partial charge in [-0.15, -0.1) is 0 Å². The summed E-state index contributed by atoms with van der Waals surface area (Å²) >= 11 is 0. The number of ether oxygens (including phenoxy) is 6. The van der Waals surface area contributed by atoms with Gasteiger partial charge < -0.3 is 34.2 Å². The van der Waals surface area contributed by atoms with Crippen LogP contribution in [0.1, 0.15) is 86.6 Å². The average Bonchev–Trinajstić information content (AvgIpc) is 2.86. The lowest BCUT2D eigenvalue weighted by molar-refractivity contribution is -0.159. The molecule has 0 aromatic heterocycles. The summed E-state index contributed by atoms with van der Waals surface area (Å²) in [5.74, 6) is -1.23. The summed E-state index contributed by atoms with van der Waals surface area (Å²) in [5.41, 5.74) is 5.98. The molecule has 11 nitrogen and oxygen atoms in total. The second-order valence-corrected chi connectivity index (χ2v) is 12.4. The van der Waals surface area contributed by atoms with Gasteiger partial charge in [-0.25, -0.2) is 9.59 Å². The Kier molecular flexibility index (Phi) is 14.6. The topological polar surface area (TPSA) is 150 Å². The minimum Gasteiger partial charge on any atom is -0.462 e. The predicted octanol–water partition coefficient (Wildman–Crippen LogP) is 5.73. The van der Waals surface area contributed by atoms with E-state index in [9.17, 15) is 19.2 Å². The smallest absolute Gasteiger partial charge is 0.462 e. The SMILES string of the molecule is CCCCCC(=O)OC[C@H](C)OC(=O)[C@@H](N)Cc1ccc(OC(=O)OCC(C)(C)C)c(OC(=O)OCC(C)(C)C)c1. The van der Waals surface area contributed by atoms with Crippen LogP contribution in [0.5, 0.6) is 11.5 Å². The maximum atomic E-state index is 12.5. The molecule has 11 heteroatoms. The van der Waals surface area contributed by atoms with Gasteiger partial charge in [0.2, 0.25) is 0 Å². The van der Waals surface area contributed by atoms with E-state index in [-0.39, 0.29) is 54.5 Å². The zero-order valence-corrected chi connectivity index (χ0v) is 25.7. The van der Waals surface area contributed by atoms with Crippen LogP contribution in [0.2, 0.25) is 0 Å². The molecule has 0 fully saturated rings. The maximum Gasteiger partial charge on any atom is 0.513 e. The van der Waals surface area contributed by atoms with Crippen LogP contribution in [0.15, 0.2) is 18.2 Å². The van der Waals surface area contributed by atoms with E-state index in [1.54, 1.807) is 13.0 Å². The van der Waals surface area contributed by atoms with Crippen molar-refractivity contribution < 1.29 is 47.6 Å². The number of rotatable bonds is 14. The van der Waals surface area contributed by atoms with Gasteiger partial charge >= 0.3 is 24.2 Å². The van der Waals surface area contributed by atoms with Crippen molar-refractivity contribution >= 4 is 24.2 Å². The summed E-state index contributed by atoms with van der Waals surface area (Å²) in [6.07, 6.45) is 0.362. The van der Waals surface area contributed by atoms with Crippen molar-refractivity contribution in [3.05, 3.63) is 23.8 Å². The van der Waals surface area contributed by atoms with Crippen LogP contribution >= 0.6 is 0 Å². The van der Waals surface area contributed by atoms with Crippen molar-refractivity contribution in [3.63, 3.8) is 0 Å². The van der Waals surface area contributed by atoms with E-state index in [2.05, 4.69) is 0 Å².